The monoisotopic (exact) mass is 377 g/mol. The summed E-state index contributed by atoms with van der Waals surface area (Å²) in [6.07, 6.45) is -0.127. The second-order valence-corrected chi connectivity index (χ2v) is 6.66. The van der Waals surface area contributed by atoms with Gasteiger partial charge in [-0.15, -0.1) is 0 Å². The third kappa shape index (κ3) is 3.11. The standard InChI is InChI=1S/C21H19N3O4/c1-11-8-16(27-3)19-12(2)13(20(26)28-17(19)9-11)10-18(25)24-21-22-14-6-4-5-7-15(14)23-21/h4-9H,10H2,1-3H3,(H2,22,23,24,25). The molecule has 2 aromatic heterocycles. The third-order valence-corrected chi connectivity index (χ3v) is 4.69. The van der Waals surface area contributed by atoms with Gasteiger partial charge < -0.3 is 14.1 Å². The van der Waals surface area contributed by atoms with Crippen LogP contribution in [-0.4, -0.2) is 23.0 Å². The average molecular weight is 377 g/mol. The van der Waals surface area contributed by atoms with E-state index in [-0.39, 0.29) is 12.3 Å². The SMILES string of the molecule is COc1cc(C)cc2oc(=O)c(CC(=O)Nc3nc4ccccc4[nH]3)c(C)c12. The van der Waals surface area contributed by atoms with Gasteiger partial charge >= 0.3 is 5.63 Å². The number of hydrogen-bond acceptors (Lipinski definition) is 5. The van der Waals surface area contributed by atoms with Gasteiger partial charge in [-0.05, 0) is 49.2 Å². The van der Waals surface area contributed by atoms with Gasteiger partial charge in [0.2, 0.25) is 11.9 Å². The van der Waals surface area contributed by atoms with Gasteiger partial charge in [0.05, 0.1) is 35.5 Å². The summed E-state index contributed by atoms with van der Waals surface area (Å²) in [5.41, 5.74) is 3.37. The zero-order valence-electron chi connectivity index (χ0n) is 15.8. The highest BCUT2D eigenvalue weighted by atomic mass is 16.5. The van der Waals surface area contributed by atoms with Crippen LogP contribution in [0.2, 0.25) is 0 Å². The van der Waals surface area contributed by atoms with Gasteiger partial charge in [-0.2, -0.15) is 0 Å². The lowest BCUT2D eigenvalue weighted by Crippen LogP contribution is -2.21. The number of rotatable bonds is 4. The van der Waals surface area contributed by atoms with Crippen molar-refractivity contribution in [2.24, 2.45) is 0 Å². The summed E-state index contributed by atoms with van der Waals surface area (Å²) >= 11 is 0. The van der Waals surface area contributed by atoms with Crippen molar-refractivity contribution in [3.05, 3.63) is 63.5 Å². The molecule has 4 rings (SSSR count). The first-order valence-electron chi connectivity index (χ1n) is 8.82. The summed E-state index contributed by atoms with van der Waals surface area (Å²) in [6, 6.07) is 11.1. The second-order valence-electron chi connectivity index (χ2n) is 6.66. The Balaban J connectivity index is 1.67. The van der Waals surface area contributed by atoms with E-state index in [9.17, 15) is 9.59 Å². The Labute approximate surface area is 160 Å². The summed E-state index contributed by atoms with van der Waals surface area (Å²) in [5, 5.41) is 3.40. The predicted octanol–water partition coefficient (Wildman–Crippen LogP) is 3.48. The topological polar surface area (TPSA) is 97.2 Å². The Morgan fingerprint density at radius 2 is 2.04 bits per heavy atom. The lowest BCUT2D eigenvalue weighted by atomic mass is 10.0. The Hall–Kier alpha value is -3.61. The number of benzene rings is 2. The maximum absolute atomic E-state index is 12.5. The van der Waals surface area contributed by atoms with Crippen molar-refractivity contribution in [1.29, 1.82) is 0 Å². The lowest BCUT2D eigenvalue weighted by Gasteiger charge is -2.12. The number of imidazole rings is 1. The van der Waals surface area contributed by atoms with E-state index in [1.54, 1.807) is 20.1 Å². The van der Waals surface area contributed by atoms with E-state index in [0.717, 1.165) is 16.6 Å². The minimum absolute atomic E-state index is 0.127. The average Bonchev–Trinajstić information content (AvgIpc) is 3.06. The van der Waals surface area contributed by atoms with Gasteiger partial charge in [-0.25, -0.2) is 9.78 Å². The van der Waals surface area contributed by atoms with Gasteiger partial charge in [0.25, 0.3) is 0 Å². The Kier molecular flexibility index (Phi) is 4.35. The number of methoxy groups -OCH3 is 1. The predicted molar refractivity (Wildman–Crippen MR) is 107 cm³/mol. The molecule has 0 aliphatic rings. The van der Waals surface area contributed by atoms with Gasteiger partial charge in [-0.1, -0.05) is 12.1 Å². The summed E-state index contributed by atoms with van der Waals surface area (Å²) < 4.78 is 10.9. The fourth-order valence-corrected chi connectivity index (χ4v) is 3.35. The largest absolute Gasteiger partial charge is 0.496 e. The molecule has 0 aliphatic heterocycles. The van der Waals surface area contributed by atoms with Crippen LogP contribution in [0.4, 0.5) is 5.95 Å². The number of fused-ring (bicyclic) bond motifs is 2. The molecule has 4 aromatic rings. The lowest BCUT2D eigenvalue weighted by molar-refractivity contribution is -0.115. The smallest absolute Gasteiger partial charge is 0.340 e. The highest BCUT2D eigenvalue weighted by molar-refractivity contribution is 5.94. The van der Waals surface area contributed by atoms with Crippen LogP contribution in [-0.2, 0) is 11.2 Å². The molecule has 0 saturated heterocycles. The highest BCUT2D eigenvalue weighted by Crippen LogP contribution is 2.30. The van der Waals surface area contributed by atoms with Crippen LogP contribution in [0.25, 0.3) is 22.0 Å². The van der Waals surface area contributed by atoms with Crippen molar-refractivity contribution in [3.8, 4) is 5.75 Å². The number of nitrogens with one attached hydrogen (secondary N) is 2. The second kappa shape index (κ2) is 6.84. The number of para-hydroxylation sites is 2. The zero-order valence-corrected chi connectivity index (χ0v) is 15.8. The van der Waals surface area contributed by atoms with E-state index in [4.69, 9.17) is 9.15 Å². The first-order chi connectivity index (χ1) is 13.5. The molecule has 0 spiro atoms. The number of anilines is 1. The number of ether oxygens (including phenoxy) is 1. The molecule has 28 heavy (non-hydrogen) atoms. The molecule has 0 radical (unpaired) electrons. The van der Waals surface area contributed by atoms with Crippen molar-refractivity contribution in [2.75, 3.05) is 12.4 Å². The Bertz CT molecular complexity index is 1240. The summed E-state index contributed by atoms with van der Waals surface area (Å²) in [4.78, 5) is 32.4. The number of H-pyrrole nitrogens is 1. The number of carbonyl (C=O) groups excluding carboxylic acids is 1. The molecule has 0 unspecified atom stereocenters. The van der Waals surface area contributed by atoms with Gasteiger partial charge in [0.1, 0.15) is 11.3 Å². The minimum Gasteiger partial charge on any atom is -0.496 e. The van der Waals surface area contributed by atoms with Crippen LogP contribution in [0, 0.1) is 13.8 Å². The van der Waals surface area contributed by atoms with Crippen LogP contribution in [0.5, 0.6) is 5.75 Å². The van der Waals surface area contributed by atoms with Crippen LogP contribution in [0.15, 0.2) is 45.6 Å². The minimum atomic E-state index is -0.530. The van der Waals surface area contributed by atoms with E-state index in [0.29, 0.717) is 33.8 Å². The van der Waals surface area contributed by atoms with E-state index in [1.807, 2.05) is 37.3 Å². The van der Waals surface area contributed by atoms with Crippen molar-refractivity contribution < 1.29 is 13.9 Å². The quantitative estimate of drug-likeness (QED) is 0.531. The highest BCUT2D eigenvalue weighted by Gasteiger charge is 2.18. The van der Waals surface area contributed by atoms with Crippen LogP contribution in [0.1, 0.15) is 16.7 Å². The molecule has 7 nitrogen and oxygen atoms in total. The molecule has 142 valence electrons. The van der Waals surface area contributed by atoms with Crippen LogP contribution in [0.3, 0.4) is 0 Å². The van der Waals surface area contributed by atoms with Crippen molar-refractivity contribution in [2.45, 2.75) is 20.3 Å². The number of nitrogens with zero attached hydrogens (tertiary/aromatic N) is 1. The van der Waals surface area contributed by atoms with Crippen molar-refractivity contribution >= 4 is 33.9 Å². The normalized spacial score (nSPS) is 11.1. The van der Waals surface area contributed by atoms with Gasteiger partial charge in [0.15, 0.2) is 0 Å². The molecule has 0 atom stereocenters. The molecule has 2 N–H and O–H groups in total. The molecule has 0 fully saturated rings. The molecule has 1 amide bonds. The van der Waals surface area contributed by atoms with Gasteiger partial charge in [-0.3, -0.25) is 10.1 Å². The molecule has 7 heteroatoms. The van der Waals surface area contributed by atoms with Crippen LogP contribution < -0.4 is 15.7 Å². The number of aromatic nitrogens is 2. The fraction of sp³-hybridized carbons (Fsp3) is 0.190. The Morgan fingerprint density at radius 3 is 2.79 bits per heavy atom. The maximum atomic E-state index is 12.5. The molecule has 0 saturated carbocycles. The van der Waals surface area contributed by atoms with E-state index >= 15 is 0 Å². The number of carbonyl (C=O) groups is 1. The molecular formula is C21H19N3O4. The number of amides is 1. The first-order valence-corrected chi connectivity index (χ1v) is 8.82. The fourth-order valence-electron chi connectivity index (χ4n) is 3.35. The number of hydrogen-bond donors (Lipinski definition) is 2. The van der Waals surface area contributed by atoms with E-state index < -0.39 is 5.63 Å². The molecule has 2 aromatic carbocycles. The molecule has 0 aliphatic carbocycles. The van der Waals surface area contributed by atoms with Crippen molar-refractivity contribution in [3.63, 3.8) is 0 Å². The summed E-state index contributed by atoms with van der Waals surface area (Å²) in [7, 11) is 1.56. The van der Waals surface area contributed by atoms with Crippen molar-refractivity contribution in [1.82, 2.24) is 9.97 Å². The summed E-state index contributed by atoms with van der Waals surface area (Å²) in [6.45, 7) is 3.69. The van der Waals surface area contributed by atoms with Crippen LogP contribution >= 0.6 is 0 Å². The number of aromatic amines is 1. The van der Waals surface area contributed by atoms with E-state index in [2.05, 4.69) is 15.3 Å². The number of aryl methyl sites for hydroxylation is 2. The molecular weight excluding hydrogens is 358 g/mol. The maximum Gasteiger partial charge on any atom is 0.340 e. The molecule has 2 heterocycles. The van der Waals surface area contributed by atoms with Gasteiger partial charge in [0, 0.05) is 0 Å². The first kappa shape index (κ1) is 17.8. The molecule has 0 bridgehead atoms. The third-order valence-electron chi connectivity index (χ3n) is 4.69. The zero-order chi connectivity index (χ0) is 19.8. The summed E-state index contributed by atoms with van der Waals surface area (Å²) in [5.74, 6) is 0.581. The Morgan fingerprint density at radius 1 is 1.25 bits per heavy atom. The van der Waals surface area contributed by atoms with E-state index in [1.165, 1.54) is 0 Å².